The molecule has 1 aliphatic heterocycles. The number of halogens is 1. The predicted molar refractivity (Wildman–Crippen MR) is 90.4 cm³/mol. The molecule has 0 unspecified atom stereocenters. The normalized spacial score (nSPS) is 19.9. The highest BCUT2D eigenvalue weighted by molar-refractivity contribution is 6.34. The number of benzene rings is 1. The summed E-state index contributed by atoms with van der Waals surface area (Å²) in [5, 5.41) is 12.1. The van der Waals surface area contributed by atoms with Crippen LogP contribution in [0.25, 0.3) is 0 Å². The number of carbonyl (C=O) groups excluding carboxylic acids is 2. The van der Waals surface area contributed by atoms with Crippen LogP contribution in [0.2, 0.25) is 5.02 Å². The minimum absolute atomic E-state index is 0.123. The van der Waals surface area contributed by atoms with Crippen molar-refractivity contribution in [2.24, 2.45) is 11.8 Å². The average molecular weight is 354 g/mol. The van der Waals surface area contributed by atoms with Crippen molar-refractivity contribution in [2.75, 3.05) is 32.5 Å². The van der Waals surface area contributed by atoms with Gasteiger partial charge in [-0.05, 0) is 24.1 Å². The Bertz CT molecular complexity index is 677. The number of nitrogens with one attached hydrogen (secondary N) is 1. The number of urea groups is 1. The van der Waals surface area contributed by atoms with Gasteiger partial charge >= 0.3 is 12.0 Å². The van der Waals surface area contributed by atoms with Crippen molar-refractivity contribution in [3.63, 3.8) is 0 Å². The number of hydrogen-bond donors (Lipinski definition) is 2. The summed E-state index contributed by atoms with van der Waals surface area (Å²) in [6.07, 6.45) is 0. The minimum Gasteiger partial charge on any atom is -0.481 e. The van der Waals surface area contributed by atoms with Crippen molar-refractivity contribution in [2.45, 2.75) is 6.92 Å². The van der Waals surface area contributed by atoms with Gasteiger partial charge < -0.3 is 20.2 Å². The standard InChI is InChI=1S/C16H20ClN3O4/c1-9-7-20(8-12(9)15(22)23)14(21)11-6-10(4-5-13(11)17)18-16(24)19(2)3/h4-6,9,12H,7-8H2,1-3H3,(H,18,24)(H,22,23)/t9-,12-/m1/s1. The Morgan fingerprint density at radius 1 is 1.29 bits per heavy atom. The first-order valence-electron chi connectivity index (χ1n) is 7.50. The highest BCUT2D eigenvalue weighted by Crippen LogP contribution is 2.28. The van der Waals surface area contributed by atoms with Crippen LogP contribution in [0.4, 0.5) is 10.5 Å². The molecule has 7 nitrogen and oxygen atoms in total. The van der Waals surface area contributed by atoms with Crippen LogP contribution in [0.5, 0.6) is 0 Å². The lowest BCUT2D eigenvalue weighted by Gasteiger charge is -2.18. The van der Waals surface area contributed by atoms with Crippen molar-refractivity contribution in [3.05, 3.63) is 28.8 Å². The van der Waals surface area contributed by atoms with Crippen molar-refractivity contribution >= 4 is 35.2 Å². The smallest absolute Gasteiger partial charge is 0.321 e. The van der Waals surface area contributed by atoms with E-state index in [0.717, 1.165) is 0 Å². The van der Waals surface area contributed by atoms with Crippen LogP contribution in [0, 0.1) is 11.8 Å². The Morgan fingerprint density at radius 3 is 2.50 bits per heavy atom. The summed E-state index contributed by atoms with van der Waals surface area (Å²) >= 11 is 6.12. The topological polar surface area (TPSA) is 90.0 Å². The largest absolute Gasteiger partial charge is 0.481 e. The third kappa shape index (κ3) is 3.79. The third-order valence-electron chi connectivity index (χ3n) is 4.07. The van der Waals surface area contributed by atoms with Gasteiger partial charge in [0, 0.05) is 32.9 Å². The van der Waals surface area contributed by atoms with E-state index in [4.69, 9.17) is 11.6 Å². The number of anilines is 1. The fraction of sp³-hybridized carbons (Fsp3) is 0.438. The molecule has 2 rings (SSSR count). The molecule has 0 aromatic heterocycles. The summed E-state index contributed by atoms with van der Waals surface area (Å²) in [5.74, 6) is -1.95. The second kappa shape index (κ2) is 7.09. The van der Waals surface area contributed by atoms with Gasteiger partial charge in [0.1, 0.15) is 0 Å². The molecule has 1 saturated heterocycles. The number of carbonyl (C=O) groups is 3. The molecule has 1 heterocycles. The molecule has 8 heteroatoms. The minimum atomic E-state index is -0.907. The number of nitrogens with zero attached hydrogens (tertiary/aromatic N) is 2. The number of aliphatic carboxylic acids is 1. The monoisotopic (exact) mass is 353 g/mol. The van der Waals surface area contributed by atoms with E-state index in [-0.39, 0.29) is 35.0 Å². The fourth-order valence-corrected chi connectivity index (χ4v) is 2.83. The molecule has 2 N–H and O–H groups in total. The van der Waals surface area contributed by atoms with E-state index in [2.05, 4.69) is 5.32 Å². The summed E-state index contributed by atoms with van der Waals surface area (Å²) in [5.41, 5.74) is 0.690. The van der Waals surface area contributed by atoms with Gasteiger partial charge in [0.25, 0.3) is 5.91 Å². The molecule has 0 aliphatic carbocycles. The van der Waals surface area contributed by atoms with Gasteiger partial charge in [0.15, 0.2) is 0 Å². The van der Waals surface area contributed by atoms with Gasteiger partial charge in [-0.2, -0.15) is 0 Å². The molecule has 130 valence electrons. The first-order chi connectivity index (χ1) is 11.2. The average Bonchev–Trinajstić information content (AvgIpc) is 2.90. The van der Waals surface area contributed by atoms with Crippen LogP contribution < -0.4 is 5.32 Å². The van der Waals surface area contributed by atoms with Crippen molar-refractivity contribution < 1.29 is 19.5 Å². The number of likely N-dealkylation sites (tertiary alicyclic amines) is 1. The summed E-state index contributed by atoms with van der Waals surface area (Å²) in [7, 11) is 3.21. The SMILES string of the molecule is C[C@@H]1CN(C(=O)c2cc(NC(=O)N(C)C)ccc2Cl)C[C@H]1C(=O)O. The lowest BCUT2D eigenvalue weighted by molar-refractivity contribution is -0.142. The lowest BCUT2D eigenvalue weighted by atomic mass is 9.99. The molecule has 0 radical (unpaired) electrons. The maximum absolute atomic E-state index is 12.7. The highest BCUT2D eigenvalue weighted by Gasteiger charge is 2.37. The van der Waals surface area contributed by atoms with Crippen LogP contribution in [0.15, 0.2) is 18.2 Å². The second-order valence-corrected chi connectivity index (χ2v) is 6.56. The molecule has 1 aromatic carbocycles. The summed E-state index contributed by atoms with van der Waals surface area (Å²) in [6.45, 7) is 2.32. The zero-order valence-corrected chi connectivity index (χ0v) is 14.5. The van der Waals surface area contributed by atoms with Gasteiger partial charge in [-0.15, -0.1) is 0 Å². The van der Waals surface area contributed by atoms with E-state index in [0.29, 0.717) is 12.2 Å². The Balaban J connectivity index is 2.20. The molecular weight excluding hydrogens is 334 g/mol. The molecule has 24 heavy (non-hydrogen) atoms. The Hall–Kier alpha value is -2.28. The quantitative estimate of drug-likeness (QED) is 0.871. The third-order valence-corrected chi connectivity index (χ3v) is 4.40. The van der Waals surface area contributed by atoms with Crippen LogP contribution in [0.1, 0.15) is 17.3 Å². The first kappa shape index (κ1) is 18.1. The Kier molecular flexibility index (Phi) is 5.33. The molecule has 1 fully saturated rings. The number of carboxylic acid groups (broad SMARTS) is 1. The number of rotatable bonds is 3. The lowest BCUT2D eigenvalue weighted by Crippen LogP contribution is -2.30. The molecule has 0 spiro atoms. The van der Waals surface area contributed by atoms with Gasteiger partial charge in [0.05, 0.1) is 16.5 Å². The van der Waals surface area contributed by atoms with Crippen LogP contribution in [-0.2, 0) is 4.79 Å². The van der Waals surface area contributed by atoms with Gasteiger partial charge in [0.2, 0.25) is 0 Å². The van der Waals surface area contributed by atoms with E-state index in [1.54, 1.807) is 27.1 Å². The molecule has 0 saturated carbocycles. The molecule has 0 bridgehead atoms. The molecule has 1 aliphatic rings. The molecule has 3 amide bonds. The van der Waals surface area contributed by atoms with E-state index >= 15 is 0 Å². The first-order valence-corrected chi connectivity index (χ1v) is 7.88. The molecule has 1 aromatic rings. The summed E-state index contributed by atoms with van der Waals surface area (Å²) < 4.78 is 0. The zero-order chi connectivity index (χ0) is 18.0. The summed E-state index contributed by atoms with van der Waals surface area (Å²) in [4.78, 5) is 38.5. The van der Waals surface area contributed by atoms with Gasteiger partial charge in [-0.3, -0.25) is 9.59 Å². The van der Waals surface area contributed by atoms with E-state index in [1.807, 2.05) is 0 Å². The maximum atomic E-state index is 12.7. The van der Waals surface area contributed by atoms with Crippen LogP contribution in [-0.4, -0.2) is 60.0 Å². The van der Waals surface area contributed by atoms with Crippen molar-refractivity contribution in [1.29, 1.82) is 0 Å². The Morgan fingerprint density at radius 2 is 1.96 bits per heavy atom. The number of carboxylic acids is 1. The second-order valence-electron chi connectivity index (χ2n) is 6.15. The van der Waals surface area contributed by atoms with Crippen molar-refractivity contribution in [1.82, 2.24) is 9.80 Å². The van der Waals surface area contributed by atoms with E-state index in [1.165, 1.54) is 21.9 Å². The highest BCUT2D eigenvalue weighted by atomic mass is 35.5. The fourth-order valence-electron chi connectivity index (χ4n) is 2.63. The van der Waals surface area contributed by atoms with Gasteiger partial charge in [-0.1, -0.05) is 18.5 Å². The zero-order valence-electron chi connectivity index (χ0n) is 13.7. The summed E-state index contributed by atoms with van der Waals surface area (Å²) in [6, 6.07) is 4.32. The van der Waals surface area contributed by atoms with Crippen molar-refractivity contribution in [3.8, 4) is 0 Å². The predicted octanol–water partition coefficient (Wildman–Crippen LogP) is 2.23. The Labute approximate surface area is 145 Å². The molecular formula is C16H20ClN3O4. The number of amides is 3. The van der Waals surface area contributed by atoms with E-state index in [9.17, 15) is 19.5 Å². The van der Waals surface area contributed by atoms with Crippen LogP contribution >= 0.6 is 11.6 Å². The van der Waals surface area contributed by atoms with Crippen LogP contribution in [0.3, 0.4) is 0 Å². The molecule has 2 atom stereocenters. The number of hydrogen-bond acceptors (Lipinski definition) is 3. The van der Waals surface area contributed by atoms with Gasteiger partial charge in [-0.25, -0.2) is 4.79 Å². The van der Waals surface area contributed by atoms with E-state index < -0.39 is 11.9 Å². The maximum Gasteiger partial charge on any atom is 0.321 e.